The van der Waals surface area contributed by atoms with Crippen LogP contribution in [0.2, 0.25) is 5.02 Å². The van der Waals surface area contributed by atoms with Gasteiger partial charge >= 0.3 is 0 Å². The van der Waals surface area contributed by atoms with Crippen LogP contribution in [-0.4, -0.2) is 56.8 Å². The summed E-state index contributed by atoms with van der Waals surface area (Å²) in [6.07, 6.45) is 1.50. The van der Waals surface area contributed by atoms with E-state index in [0.29, 0.717) is 23.1 Å². The first kappa shape index (κ1) is 14.4. The molecule has 1 amide bonds. The molecule has 0 atom stereocenters. The van der Waals surface area contributed by atoms with Crippen molar-refractivity contribution in [1.82, 2.24) is 24.7 Å². The lowest BCUT2D eigenvalue weighted by Crippen LogP contribution is -2.48. The highest BCUT2D eigenvalue weighted by Crippen LogP contribution is 2.22. The minimum atomic E-state index is -0.0498. The molecule has 1 aliphatic rings. The maximum absolute atomic E-state index is 12.5. The summed E-state index contributed by atoms with van der Waals surface area (Å²) in [6, 6.07) is 7.78. The molecule has 4 rings (SSSR count). The van der Waals surface area contributed by atoms with Crippen LogP contribution in [0.1, 0.15) is 9.80 Å². The van der Waals surface area contributed by atoms with Crippen LogP contribution in [0.3, 0.4) is 0 Å². The molecule has 3 heterocycles. The average Bonchev–Trinajstić information content (AvgIpc) is 3.16. The van der Waals surface area contributed by atoms with Gasteiger partial charge in [0.2, 0.25) is 9.97 Å². The predicted octanol–water partition coefficient (Wildman–Crippen LogP) is 1.80. The van der Waals surface area contributed by atoms with Crippen LogP contribution in [0.5, 0.6) is 0 Å². The van der Waals surface area contributed by atoms with Gasteiger partial charge in [-0.15, -0.1) is 15.3 Å². The van der Waals surface area contributed by atoms with Crippen LogP contribution in [0.15, 0.2) is 30.6 Å². The summed E-state index contributed by atoms with van der Waals surface area (Å²) in [6.45, 7) is 2.86. The Morgan fingerprint density at radius 2 is 2.04 bits per heavy atom. The number of halogens is 1. The maximum atomic E-state index is 12.5. The van der Waals surface area contributed by atoms with Crippen molar-refractivity contribution in [2.75, 3.05) is 31.1 Å². The molecule has 3 aromatic rings. The molecule has 0 bridgehead atoms. The summed E-state index contributed by atoms with van der Waals surface area (Å²) in [5, 5.41) is 13.0. The molecule has 2 aromatic heterocycles. The van der Waals surface area contributed by atoms with Crippen molar-refractivity contribution in [3.8, 4) is 0 Å². The number of benzene rings is 1. The first-order valence-corrected chi connectivity index (χ1v) is 8.37. The van der Waals surface area contributed by atoms with Gasteiger partial charge in [-0.2, -0.15) is 4.52 Å². The Kier molecular flexibility index (Phi) is 3.62. The molecule has 0 saturated carbocycles. The summed E-state index contributed by atoms with van der Waals surface area (Å²) in [4.78, 5) is 17.2. The van der Waals surface area contributed by atoms with Crippen molar-refractivity contribution in [3.63, 3.8) is 0 Å². The second-order valence-corrected chi connectivity index (χ2v) is 6.62. The largest absolute Gasteiger partial charge is 0.368 e. The van der Waals surface area contributed by atoms with Crippen LogP contribution >= 0.6 is 22.9 Å². The van der Waals surface area contributed by atoms with Crippen molar-refractivity contribution in [2.45, 2.75) is 0 Å². The Bertz CT molecular complexity index is 825. The molecule has 1 aromatic carbocycles. The van der Waals surface area contributed by atoms with Gasteiger partial charge in [0.05, 0.1) is 0 Å². The SMILES string of the molecule is O=C(c1nn2cnnc2s1)N1CCN(c2cccc(Cl)c2)CC1. The highest BCUT2D eigenvalue weighted by molar-refractivity contribution is 7.18. The van der Waals surface area contributed by atoms with Crippen LogP contribution in [-0.2, 0) is 0 Å². The van der Waals surface area contributed by atoms with Gasteiger partial charge in [-0.25, -0.2) is 0 Å². The number of anilines is 1. The van der Waals surface area contributed by atoms with Gasteiger partial charge in [0.1, 0.15) is 6.33 Å². The third-order valence-corrected chi connectivity index (χ3v) is 4.95. The molecule has 9 heteroatoms. The standard InChI is InChI=1S/C14H13ClN6OS/c15-10-2-1-3-11(8-10)19-4-6-20(7-5-19)13(22)12-18-21-9-16-17-14(21)23-12/h1-3,8-9H,4-7H2. The van der Waals surface area contributed by atoms with Crippen molar-refractivity contribution < 1.29 is 4.79 Å². The van der Waals surface area contributed by atoms with E-state index < -0.39 is 0 Å². The van der Waals surface area contributed by atoms with E-state index in [9.17, 15) is 4.79 Å². The molecule has 7 nitrogen and oxygen atoms in total. The minimum absolute atomic E-state index is 0.0498. The molecule has 118 valence electrons. The van der Waals surface area contributed by atoms with E-state index in [1.54, 1.807) is 0 Å². The van der Waals surface area contributed by atoms with Crippen molar-refractivity contribution >= 4 is 39.5 Å². The second-order valence-electron chi connectivity index (χ2n) is 5.22. The number of carbonyl (C=O) groups is 1. The molecule has 23 heavy (non-hydrogen) atoms. The quantitative estimate of drug-likeness (QED) is 0.706. The Hall–Kier alpha value is -2.19. The number of rotatable bonds is 2. The topological polar surface area (TPSA) is 66.6 Å². The summed E-state index contributed by atoms with van der Waals surface area (Å²) in [5.41, 5.74) is 1.09. The predicted molar refractivity (Wildman–Crippen MR) is 88.2 cm³/mol. The fourth-order valence-electron chi connectivity index (χ4n) is 2.62. The lowest BCUT2D eigenvalue weighted by Gasteiger charge is -2.35. The molecule has 1 aliphatic heterocycles. The summed E-state index contributed by atoms with van der Waals surface area (Å²) < 4.78 is 1.53. The van der Waals surface area contributed by atoms with Gasteiger partial charge in [0.15, 0.2) is 0 Å². The lowest BCUT2D eigenvalue weighted by molar-refractivity contribution is 0.0745. The summed E-state index contributed by atoms with van der Waals surface area (Å²) in [5.74, 6) is -0.0498. The van der Waals surface area contributed by atoms with Gasteiger partial charge < -0.3 is 9.80 Å². The van der Waals surface area contributed by atoms with Gasteiger partial charge in [0.25, 0.3) is 5.91 Å². The van der Waals surface area contributed by atoms with Gasteiger partial charge in [-0.05, 0) is 18.2 Å². The molecular weight excluding hydrogens is 336 g/mol. The molecule has 1 saturated heterocycles. The average molecular weight is 349 g/mol. The fraction of sp³-hybridized carbons (Fsp3) is 0.286. The number of nitrogens with zero attached hydrogens (tertiary/aromatic N) is 6. The monoisotopic (exact) mass is 348 g/mol. The molecule has 0 N–H and O–H groups in total. The van der Waals surface area contributed by atoms with E-state index >= 15 is 0 Å². The molecule has 0 spiro atoms. The zero-order chi connectivity index (χ0) is 15.8. The van der Waals surface area contributed by atoms with E-state index in [-0.39, 0.29) is 5.91 Å². The van der Waals surface area contributed by atoms with Crippen LogP contribution in [0.25, 0.3) is 4.96 Å². The minimum Gasteiger partial charge on any atom is -0.368 e. The normalized spacial score (nSPS) is 15.3. The zero-order valence-corrected chi connectivity index (χ0v) is 13.7. The summed E-state index contributed by atoms with van der Waals surface area (Å²) in [7, 11) is 0. The van der Waals surface area contributed by atoms with Gasteiger partial charge in [-0.3, -0.25) is 4.79 Å². The Morgan fingerprint density at radius 3 is 2.78 bits per heavy atom. The van der Waals surface area contributed by atoms with E-state index in [2.05, 4.69) is 20.2 Å². The lowest BCUT2D eigenvalue weighted by atomic mass is 10.2. The number of aromatic nitrogens is 4. The van der Waals surface area contributed by atoms with Crippen molar-refractivity contribution in [3.05, 3.63) is 40.6 Å². The molecular formula is C14H13ClN6OS. The first-order chi connectivity index (χ1) is 11.2. The van der Waals surface area contributed by atoms with Gasteiger partial charge in [-0.1, -0.05) is 29.0 Å². The molecule has 0 unspecified atom stereocenters. The third-order valence-electron chi connectivity index (χ3n) is 3.81. The van der Waals surface area contributed by atoms with Crippen molar-refractivity contribution in [2.24, 2.45) is 0 Å². The number of piperazine rings is 1. The summed E-state index contributed by atoms with van der Waals surface area (Å²) >= 11 is 7.30. The number of hydrogen-bond acceptors (Lipinski definition) is 6. The number of fused-ring (bicyclic) bond motifs is 1. The zero-order valence-electron chi connectivity index (χ0n) is 12.1. The third kappa shape index (κ3) is 2.75. The Balaban J connectivity index is 1.44. The Morgan fingerprint density at radius 1 is 1.22 bits per heavy atom. The highest BCUT2D eigenvalue weighted by Gasteiger charge is 2.25. The van der Waals surface area contributed by atoms with E-state index in [4.69, 9.17) is 11.6 Å². The molecule has 0 radical (unpaired) electrons. The first-order valence-electron chi connectivity index (χ1n) is 7.17. The fourth-order valence-corrected chi connectivity index (χ4v) is 3.59. The number of hydrogen-bond donors (Lipinski definition) is 0. The second kappa shape index (κ2) is 5.78. The van der Waals surface area contributed by atoms with E-state index in [0.717, 1.165) is 23.8 Å². The van der Waals surface area contributed by atoms with E-state index in [1.165, 1.54) is 22.2 Å². The van der Waals surface area contributed by atoms with Crippen LogP contribution < -0.4 is 4.90 Å². The van der Waals surface area contributed by atoms with Crippen LogP contribution in [0, 0.1) is 0 Å². The number of carbonyl (C=O) groups excluding carboxylic acids is 1. The maximum Gasteiger partial charge on any atom is 0.284 e. The van der Waals surface area contributed by atoms with Crippen LogP contribution in [0.4, 0.5) is 5.69 Å². The smallest absolute Gasteiger partial charge is 0.284 e. The van der Waals surface area contributed by atoms with E-state index in [1.807, 2.05) is 29.2 Å². The highest BCUT2D eigenvalue weighted by atomic mass is 35.5. The number of amides is 1. The van der Waals surface area contributed by atoms with Crippen molar-refractivity contribution in [1.29, 1.82) is 0 Å². The molecule has 0 aliphatic carbocycles. The van der Waals surface area contributed by atoms with Gasteiger partial charge in [0, 0.05) is 36.9 Å². The molecule has 1 fully saturated rings. The Labute approximate surface area is 141 Å².